The van der Waals surface area contributed by atoms with Crippen LogP contribution in [0.15, 0.2) is 55.5 Å². The number of nitrogens with zero attached hydrogens (tertiary/aromatic N) is 6. The van der Waals surface area contributed by atoms with Gasteiger partial charge in [-0.05, 0) is 24.6 Å². The molecule has 8 heteroatoms. The largest absolute Gasteiger partial charge is 0.452 e. The van der Waals surface area contributed by atoms with Gasteiger partial charge in [-0.2, -0.15) is 5.10 Å². The zero-order valence-corrected chi connectivity index (χ0v) is 14.6. The maximum Gasteiger partial charge on any atom is 0.172 e. The molecule has 0 unspecified atom stereocenters. The van der Waals surface area contributed by atoms with E-state index >= 15 is 0 Å². The zero-order valence-electron chi connectivity index (χ0n) is 14.6. The first-order chi connectivity index (χ1) is 13.2. The predicted octanol–water partition coefficient (Wildman–Crippen LogP) is 2.69. The molecule has 0 radical (unpaired) electrons. The second-order valence-corrected chi connectivity index (χ2v) is 5.87. The number of Topliss-reactive ketones (excluding diaryl/α,β-unsaturated/α-hetero) is 1. The minimum atomic E-state index is -0.108. The zero-order chi connectivity index (χ0) is 18.6. The fraction of sp³-hybridized carbons (Fsp3) is 0.158. The maximum absolute atomic E-state index is 12.9. The smallest absolute Gasteiger partial charge is 0.172 e. The lowest BCUT2D eigenvalue weighted by atomic mass is 10.1. The van der Waals surface area contributed by atoms with Gasteiger partial charge in [0.15, 0.2) is 17.2 Å². The van der Waals surface area contributed by atoms with Crippen molar-refractivity contribution in [2.24, 2.45) is 0 Å². The summed E-state index contributed by atoms with van der Waals surface area (Å²) in [7, 11) is 0. The molecule has 0 aliphatic carbocycles. The lowest BCUT2D eigenvalue weighted by molar-refractivity contribution is 0.0992. The molecule has 0 aliphatic rings. The number of carbonyl (C=O) groups is 1. The molecule has 0 atom stereocenters. The van der Waals surface area contributed by atoms with E-state index in [0.29, 0.717) is 22.7 Å². The van der Waals surface area contributed by atoms with Gasteiger partial charge >= 0.3 is 0 Å². The highest BCUT2D eigenvalue weighted by atomic mass is 16.5. The Balaban J connectivity index is 1.67. The molecule has 8 nitrogen and oxygen atoms in total. The molecule has 4 aromatic heterocycles. The van der Waals surface area contributed by atoms with Crippen LogP contribution in [0.2, 0.25) is 0 Å². The Labute approximate surface area is 154 Å². The van der Waals surface area contributed by atoms with Crippen molar-refractivity contribution in [1.29, 1.82) is 0 Å². The molecule has 0 saturated carbocycles. The summed E-state index contributed by atoms with van der Waals surface area (Å²) >= 11 is 0. The van der Waals surface area contributed by atoms with Crippen molar-refractivity contribution in [2.75, 3.05) is 0 Å². The summed E-state index contributed by atoms with van der Waals surface area (Å²) in [6.45, 7) is 2.03. The Hall–Kier alpha value is -3.68. The van der Waals surface area contributed by atoms with Crippen LogP contribution in [-0.4, -0.2) is 35.3 Å². The van der Waals surface area contributed by atoms with Crippen LogP contribution in [0.25, 0.3) is 5.65 Å². The quantitative estimate of drug-likeness (QED) is 0.488. The standard InChI is InChI=1S/C19H16N6O2/c1-2-13-4-3-5-14(24-13)6-18(26)17-7-15(10-25-19(17)22-12-23-25)27-16-8-20-11-21-9-16/h3-5,7-12H,2,6H2,1H3. The number of hydrogen-bond acceptors (Lipinski definition) is 7. The molecule has 0 bridgehead atoms. The summed E-state index contributed by atoms with van der Waals surface area (Å²) in [5.74, 6) is 0.803. The van der Waals surface area contributed by atoms with E-state index < -0.39 is 0 Å². The van der Waals surface area contributed by atoms with Gasteiger partial charge in [-0.25, -0.2) is 19.5 Å². The van der Waals surface area contributed by atoms with E-state index in [1.807, 2.05) is 25.1 Å². The number of carbonyl (C=O) groups excluding carboxylic acids is 1. The highest BCUT2D eigenvalue weighted by Crippen LogP contribution is 2.23. The van der Waals surface area contributed by atoms with Crippen LogP contribution in [0, 0.1) is 0 Å². The fourth-order valence-electron chi connectivity index (χ4n) is 2.72. The minimum absolute atomic E-state index is 0.108. The van der Waals surface area contributed by atoms with Crippen molar-refractivity contribution in [3.05, 3.63) is 72.5 Å². The van der Waals surface area contributed by atoms with Crippen molar-refractivity contribution in [3.8, 4) is 11.5 Å². The van der Waals surface area contributed by atoms with Gasteiger partial charge in [0.1, 0.15) is 18.4 Å². The van der Waals surface area contributed by atoms with Crippen LogP contribution < -0.4 is 4.74 Å². The van der Waals surface area contributed by atoms with Crippen LogP contribution in [0.1, 0.15) is 28.7 Å². The molecule has 4 heterocycles. The predicted molar refractivity (Wildman–Crippen MR) is 96.7 cm³/mol. The summed E-state index contributed by atoms with van der Waals surface area (Å²) in [5, 5.41) is 4.12. The van der Waals surface area contributed by atoms with Gasteiger partial charge in [-0.3, -0.25) is 9.78 Å². The lowest BCUT2D eigenvalue weighted by Crippen LogP contribution is -2.09. The number of rotatable bonds is 6. The average Bonchev–Trinajstić information content (AvgIpc) is 3.17. The number of pyridine rings is 2. The fourth-order valence-corrected chi connectivity index (χ4v) is 2.72. The SMILES string of the molecule is CCc1cccc(CC(=O)c2cc(Oc3cncnc3)cn3ncnc23)n1. The second-order valence-electron chi connectivity index (χ2n) is 5.87. The maximum atomic E-state index is 12.9. The number of aromatic nitrogens is 6. The van der Waals surface area contributed by atoms with Crippen LogP contribution in [0.3, 0.4) is 0 Å². The molecule has 0 amide bonds. The molecule has 4 aromatic rings. The van der Waals surface area contributed by atoms with Crippen LogP contribution in [0.4, 0.5) is 0 Å². The molecular formula is C19H16N6O2. The number of ketones is 1. The van der Waals surface area contributed by atoms with Gasteiger partial charge in [0.05, 0.1) is 30.6 Å². The highest BCUT2D eigenvalue weighted by molar-refractivity contribution is 6.02. The van der Waals surface area contributed by atoms with Crippen molar-refractivity contribution in [2.45, 2.75) is 19.8 Å². The van der Waals surface area contributed by atoms with Gasteiger partial charge in [0, 0.05) is 11.4 Å². The first kappa shape index (κ1) is 16.8. The molecule has 134 valence electrons. The molecular weight excluding hydrogens is 344 g/mol. The number of fused-ring (bicyclic) bond motifs is 1. The van der Waals surface area contributed by atoms with Gasteiger partial charge in [0.25, 0.3) is 0 Å². The Morgan fingerprint density at radius 3 is 2.74 bits per heavy atom. The molecule has 27 heavy (non-hydrogen) atoms. The molecule has 0 aliphatic heterocycles. The number of aryl methyl sites for hydroxylation is 1. The first-order valence-electron chi connectivity index (χ1n) is 8.47. The van der Waals surface area contributed by atoms with Crippen LogP contribution >= 0.6 is 0 Å². The number of ether oxygens (including phenoxy) is 1. The van der Waals surface area contributed by atoms with E-state index in [4.69, 9.17) is 4.74 Å². The van der Waals surface area contributed by atoms with Crippen molar-refractivity contribution >= 4 is 11.4 Å². The summed E-state index contributed by atoms with van der Waals surface area (Å²) in [4.78, 5) is 29.5. The van der Waals surface area contributed by atoms with E-state index in [2.05, 4.69) is 25.0 Å². The van der Waals surface area contributed by atoms with E-state index in [1.165, 1.54) is 17.2 Å². The topological polar surface area (TPSA) is 95.2 Å². The normalized spacial score (nSPS) is 10.9. The Bertz CT molecular complexity index is 1090. The van der Waals surface area contributed by atoms with Gasteiger partial charge in [0.2, 0.25) is 0 Å². The molecule has 0 spiro atoms. The summed E-state index contributed by atoms with van der Waals surface area (Å²) in [5.41, 5.74) is 2.57. The molecule has 0 saturated heterocycles. The average molecular weight is 360 g/mol. The van der Waals surface area contributed by atoms with E-state index in [-0.39, 0.29) is 12.2 Å². The van der Waals surface area contributed by atoms with Gasteiger partial charge in [-0.15, -0.1) is 0 Å². The Kier molecular flexibility index (Phi) is 4.52. The third kappa shape index (κ3) is 3.64. The Morgan fingerprint density at radius 2 is 1.93 bits per heavy atom. The third-order valence-corrected chi connectivity index (χ3v) is 3.99. The molecule has 0 N–H and O–H groups in total. The third-order valence-electron chi connectivity index (χ3n) is 3.99. The van der Waals surface area contributed by atoms with E-state index in [1.54, 1.807) is 24.7 Å². The summed E-state index contributed by atoms with van der Waals surface area (Å²) in [6, 6.07) is 7.36. The van der Waals surface area contributed by atoms with Crippen molar-refractivity contribution in [1.82, 2.24) is 29.5 Å². The van der Waals surface area contributed by atoms with Crippen molar-refractivity contribution in [3.63, 3.8) is 0 Å². The van der Waals surface area contributed by atoms with Gasteiger partial charge < -0.3 is 4.74 Å². The van der Waals surface area contributed by atoms with E-state index in [9.17, 15) is 4.79 Å². The highest BCUT2D eigenvalue weighted by Gasteiger charge is 2.16. The monoisotopic (exact) mass is 360 g/mol. The summed E-state index contributed by atoms with van der Waals surface area (Å²) in [6.07, 6.45) is 8.55. The molecule has 4 rings (SSSR count). The Morgan fingerprint density at radius 1 is 1.11 bits per heavy atom. The lowest BCUT2D eigenvalue weighted by Gasteiger charge is -2.08. The van der Waals surface area contributed by atoms with Gasteiger partial charge in [-0.1, -0.05) is 13.0 Å². The summed E-state index contributed by atoms with van der Waals surface area (Å²) < 4.78 is 7.27. The minimum Gasteiger partial charge on any atom is -0.452 e. The molecule has 0 aromatic carbocycles. The van der Waals surface area contributed by atoms with Crippen LogP contribution in [0.5, 0.6) is 11.5 Å². The first-order valence-corrected chi connectivity index (χ1v) is 8.47. The van der Waals surface area contributed by atoms with E-state index in [0.717, 1.165) is 17.8 Å². The molecule has 0 fully saturated rings. The number of hydrogen-bond donors (Lipinski definition) is 0. The van der Waals surface area contributed by atoms with Crippen LogP contribution in [-0.2, 0) is 12.8 Å². The van der Waals surface area contributed by atoms with Crippen molar-refractivity contribution < 1.29 is 9.53 Å². The second kappa shape index (κ2) is 7.28.